The van der Waals surface area contributed by atoms with Crippen molar-refractivity contribution in [3.8, 4) is 0 Å². The molecule has 0 saturated heterocycles. The van der Waals surface area contributed by atoms with Crippen molar-refractivity contribution in [3.05, 3.63) is 123 Å². The minimum absolute atomic E-state index is 0. The first kappa shape index (κ1) is 22.3. The molecule has 1 aliphatic rings. The molecule has 0 heterocycles. The summed E-state index contributed by atoms with van der Waals surface area (Å²) >= 11 is 0. The summed E-state index contributed by atoms with van der Waals surface area (Å²) in [6.07, 6.45) is 0. The van der Waals surface area contributed by atoms with Gasteiger partial charge in [0.15, 0.2) is 0 Å². The van der Waals surface area contributed by atoms with E-state index in [0.29, 0.717) is 0 Å². The second-order valence-corrected chi connectivity index (χ2v) is 6.30. The third-order valence-corrected chi connectivity index (χ3v) is 4.63. The number of aliphatic imine (C=N–C) groups is 2. The SMILES string of the molecule is [CH3-].[CH3-].[Ni+2].c1ccc(N=C2C(=Nc3ccccc3)c3cccc4cccc2c34)cc1. The fraction of sp³-hybridized carbons (Fsp3) is 0. The van der Waals surface area contributed by atoms with E-state index < -0.39 is 0 Å². The van der Waals surface area contributed by atoms with Crippen molar-refractivity contribution in [3.63, 3.8) is 0 Å². The van der Waals surface area contributed by atoms with E-state index >= 15 is 0 Å². The average molecular weight is 421 g/mol. The second kappa shape index (κ2) is 9.45. The van der Waals surface area contributed by atoms with E-state index in [0.717, 1.165) is 33.9 Å². The standard InChI is InChI=1S/C24H16N2.2CH3.Ni/c1-3-11-18(12-4-1)25-23-20-15-7-9-17-10-8-16-21(22(17)20)24(23)26-19-13-5-2-6-14-19;;;/h1-16H;2*1H3;/q;2*-1;+2. The third kappa shape index (κ3) is 4.06. The number of hydrogen-bond donors (Lipinski definition) is 0. The topological polar surface area (TPSA) is 24.7 Å². The Labute approximate surface area is 183 Å². The summed E-state index contributed by atoms with van der Waals surface area (Å²) in [7, 11) is 0. The molecule has 3 heteroatoms. The zero-order chi connectivity index (χ0) is 17.3. The molecule has 0 N–H and O–H groups in total. The van der Waals surface area contributed by atoms with Crippen LogP contribution in [0.3, 0.4) is 0 Å². The average Bonchev–Trinajstić information content (AvgIpc) is 2.99. The number of hydrogen-bond acceptors (Lipinski definition) is 2. The van der Waals surface area contributed by atoms with Crippen molar-refractivity contribution in [2.75, 3.05) is 0 Å². The summed E-state index contributed by atoms with van der Waals surface area (Å²) in [5.41, 5.74) is 6.05. The molecule has 0 bridgehead atoms. The van der Waals surface area contributed by atoms with E-state index in [1.807, 2.05) is 60.7 Å². The Bertz CT molecular complexity index is 1070. The molecule has 2 nitrogen and oxygen atoms in total. The summed E-state index contributed by atoms with van der Waals surface area (Å²) in [4.78, 5) is 9.92. The van der Waals surface area contributed by atoms with Crippen LogP contribution >= 0.6 is 0 Å². The third-order valence-electron chi connectivity index (χ3n) is 4.63. The van der Waals surface area contributed by atoms with Gasteiger partial charge in [0.05, 0.1) is 22.8 Å². The first-order chi connectivity index (χ1) is 12.9. The first-order valence-corrected chi connectivity index (χ1v) is 8.70. The van der Waals surface area contributed by atoms with Gasteiger partial charge >= 0.3 is 16.5 Å². The maximum Gasteiger partial charge on any atom is 2.00 e. The Morgan fingerprint density at radius 3 is 1.28 bits per heavy atom. The monoisotopic (exact) mass is 420 g/mol. The molecular weight excluding hydrogens is 399 g/mol. The first-order valence-electron chi connectivity index (χ1n) is 8.70. The van der Waals surface area contributed by atoms with Gasteiger partial charge in [0, 0.05) is 16.5 Å². The molecule has 0 aliphatic heterocycles. The maximum absolute atomic E-state index is 4.96. The Balaban J connectivity index is 0.000001000. The van der Waals surface area contributed by atoms with Crippen molar-refractivity contribution in [2.45, 2.75) is 0 Å². The molecule has 29 heavy (non-hydrogen) atoms. The molecule has 0 unspecified atom stereocenters. The molecular formula is C26H22N2Ni. The van der Waals surface area contributed by atoms with Crippen molar-refractivity contribution >= 4 is 33.6 Å². The van der Waals surface area contributed by atoms with Gasteiger partial charge in [-0.3, -0.25) is 0 Å². The van der Waals surface area contributed by atoms with Crippen molar-refractivity contribution in [2.24, 2.45) is 9.98 Å². The molecule has 0 spiro atoms. The minimum Gasteiger partial charge on any atom is -0.358 e. The van der Waals surface area contributed by atoms with Crippen LogP contribution in [-0.4, -0.2) is 11.4 Å². The van der Waals surface area contributed by atoms with E-state index in [1.54, 1.807) is 0 Å². The molecule has 0 saturated carbocycles. The second-order valence-electron chi connectivity index (χ2n) is 6.30. The van der Waals surface area contributed by atoms with Crippen molar-refractivity contribution in [1.29, 1.82) is 0 Å². The zero-order valence-electron chi connectivity index (χ0n) is 16.4. The van der Waals surface area contributed by atoms with Gasteiger partial charge in [-0.05, 0) is 29.7 Å². The predicted molar refractivity (Wildman–Crippen MR) is 122 cm³/mol. The van der Waals surface area contributed by atoms with Crippen LogP contribution in [-0.2, 0) is 16.5 Å². The van der Waals surface area contributed by atoms with Crippen LogP contribution in [0.4, 0.5) is 11.4 Å². The van der Waals surface area contributed by atoms with Gasteiger partial charge in [-0.25, -0.2) is 9.98 Å². The van der Waals surface area contributed by atoms with Gasteiger partial charge in [-0.2, -0.15) is 0 Å². The molecule has 0 atom stereocenters. The fourth-order valence-electron chi connectivity index (χ4n) is 3.48. The van der Waals surface area contributed by atoms with Gasteiger partial charge in [0.25, 0.3) is 0 Å². The summed E-state index contributed by atoms with van der Waals surface area (Å²) in [5, 5.41) is 2.46. The van der Waals surface area contributed by atoms with Crippen LogP contribution in [0.1, 0.15) is 11.1 Å². The number of para-hydroxylation sites is 2. The van der Waals surface area contributed by atoms with Crippen LogP contribution in [0, 0.1) is 14.9 Å². The summed E-state index contributed by atoms with van der Waals surface area (Å²) in [6, 6.07) is 32.9. The van der Waals surface area contributed by atoms with E-state index in [2.05, 4.69) is 36.4 Å². The van der Waals surface area contributed by atoms with E-state index in [4.69, 9.17) is 9.98 Å². The smallest absolute Gasteiger partial charge is 0.358 e. The molecule has 0 aromatic heterocycles. The van der Waals surface area contributed by atoms with E-state index in [-0.39, 0.29) is 31.3 Å². The predicted octanol–water partition coefficient (Wildman–Crippen LogP) is 6.99. The van der Waals surface area contributed by atoms with Gasteiger partial charge in [0.1, 0.15) is 0 Å². The maximum atomic E-state index is 4.96. The van der Waals surface area contributed by atoms with Crippen LogP contribution in [0.25, 0.3) is 10.8 Å². The van der Waals surface area contributed by atoms with E-state index in [9.17, 15) is 0 Å². The molecule has 0 radical (unpaired) electrons. The fourth-order valence-corrected chi connectivity index (χ4v) is 3.48. The molecule has 0 amide bonds. The molecule has 1 aliphatic carbocycles. The summed E-state index contributed by atoms with van der Waals surface area (Å²) < 4.78 is 0. The quantitative estimate of drug-likeness (QED) is 0.246. The van der Waals surface area contributed by atoms with Crippen molar-refractivity contribution in [1.82, 2.24) is 0 Å². The van der Waals surface area contributed by atoms with Gasteiger partial charge in [-0.15, -0.1) is 0 Å². The van der Waals surface area contributed by atoms with Gasteiger partial charge in [-0.1, -0.05) is 72.8 Å². The summed E-state index contributed by atoms with van der Waals surface area (Å²) in [6.45, 7) is 0. The number of benzene rings is 4. The van der Waals surface area contributed by atoms with E-state index in [1.165, 1.54) is 10.8 Å². The van der Waals surface area contributed by atoms with Gasteiger partial charge < -0.3 is 14.9 Å². The molecule has 4 aromatic rings. The molecule has 146 valence electrons. The Morgan fingerprint density at radius 1 is 0.448 bits per heavy atom. The Hall–Kier alpha value is -3.03. The van der Waals surface area contributed by atoms with Gasteiger partial charge in [0.2, 0.25) is 0 Å². The largest absolute Gasteiger partial charge is 2.00 e. The summed E-state index contributed by atoms with van der Waals surface area (Å²) in [5.74, 6) is 0. The molecule has 4 aromatic carbocycles. The van der Waals surface area contributed by atoms with Crippen molar-refractivity contribution < 1.29 is 16.5 Å². The number of nitrogens with zero attached hydrogens (tertiary/aromatic N) is 2. The normalized spacial score (nSPS) is 14.2. The van der Waals surface area contributed by atoms with Crippen LogP contribution < -0.4 is 0 Å². The molecule has 0 fully saturated rings. The van der Waals surface area contributed by atoms with Crippen LogP contribution in [0.15, 0.2) is 107 Å². The Kier molecular flexibility index (Phi) is 7.25. The van der Waals surface area contributed by atoms with Crippen LogP contribution in [0.2, 0.25) is 0 Å². The number of rotatable bonds is 2. The molecule has 5 rings (SSSR count). The minimum atomic E-state index is 0. The zero-order valence-corrected chi connectivity index (χ0v) is 17.4. The van der Waals surface area contributed by atoms with Crippen LogP contribution in [0.5, 0.6) is 0 Å². The Morgan fingerprint density at radius 2 is 0.862 bits per heavy atom.